The van der Waals surface area contributed by atoms with Crippen LogP contribution in [0.4, 0.5) is 4.79 Å². The molecular formula is C43H53N5O7. The first-order chi connectivity index (χ1) is 26.9. The summed E-state index contributed by atoms with van der Waals surface area (Å²) in [6.45, 7) is 1.20. The molecular weight excluding hydrogens is 699 g/mol. The lowest BCUT2D eigenvalue weighted by Gasteiger charge is -2.32. The van der Waals surface area contributed by atoms with Crippen LogP contribution in [-0.2, 0) is 32.1 Å². The molecule has 4 N–H and O–H groups in total. The molecule has 55 heavy (non-hydrogen) atoms. The maximum absolute atomic E-state index is 14.6. The number of ether oxygens (including phenoxy) is 2. The number of nitrogens with zero attached hydrogens (tertiary/aromatic N) is 2. The Kier molecular flexibility index (Phi) is 14.4. The molecule has 1 aliphatic carbocycles. The zero-order valence-corrected chi connectivity index (χ0v) is 31.4. The fourth-order valence-electron chi connectivity index (χ4n) is 7.58. The number of likely N-dealkylation sites (tertiary alicyclic amines) is 1. The Balaban J connectivity index is 1.23. The van der Waals surface area contributed by atoms with E-state index in [0.717, 1.165) is 36.8 Å². The van der Waals surface area contributed by atoms with Crippen LogP contribution in [0.5, 0.6) is 0 Å². The Morgan fingerprint density at radius 2 is 1.53 bits per heavy atom. The van der Waals surface area contributed by atoms with Gasteiger partial charge in [-0.2, -0.15) is 0 Å². The number of nitrogens with one attached hydrogen (secondary N) is 2. The van der Waals surface area contributed by atoms with E-state index >= 15 is 0 Å². The van der Waals surface area contributed by atoms with Gasteiger partial charge in [-0.15, -0.1) is 0 Å². The van der Waals surface area contributed by atoms with E-state index in [0.29, 0.717) is 62.3 Å². The molecule has 0 unspecified atom stereocenters. The summed E-state index contributed by atoms with van der Waals surface area (Å²) in [6.07, 6.45) is 7.04. The third kappa shape index (κ3) is 11.0. The van der Waals surface area contributed by atoms with E-state index in [2.05, 4.69) is 15.6 Å². The molecule has 4 aromatic rings. The van der Waals surface area contributed by atoms with Gasteiger partial charge in [-0.25, -0.2) is 9.78 Å². The van der Waals surface area contributed by atoms with Crippen molar-refractivity contribution < 1.29 is 33.1 Å². The second kappa shape index (κ2) is 20.0. The number of para-hydroxylation sites is 2. The number of amides is 3. The largest absolute Gasteiger partial charge is 0.445 e. The van der Waals surface area contributed by atoms with Crippen molar-refractivity contribution in [3.8, 4) is 0 Å². The van der Waals surface area contributed by atoms with Crippen LogP contribution < -0.4 is 16.4 Å². The Bertz CT molecular complexity index is 1810. The molecule has 3 aromatic carbocycles. The zero-order chi connectivity index (χ0) is 38.4. The van der Waals surface area contributed by atoms with E-state index in [1.165, 1.54) is 11.3 Å². The molecule has 4 atom stereocenters. The molecule has 0 spiro atoms. The topological polar surface area (TPSA) is 166 Å². The van der Waals surface area contributed by atoms with Crippen LogP contribution in [0, 0.1) is 5.92 Å². The number of hydrogen-bond acceptors (Lipinski definition) is 9. The number of Topliss-reactive ketones (excluding diaryl/α,β-unsaturated/α-hetero) is 1. The van der Waals surface area contributed by atoms with Gasteiger partial charge in [0, 0.05) is 13.2 Å². The van der Waals surface area contributed by atoms with E-state index in [-0.39, 0.29) is 25.5 Å². The number of carbonyl (C=O) groups excluding carboxylic acids is 4. The molecule has 2 heterocycles. The monoisotopic (exact) mass is 751 g/mol. The maximum atomic E-state index is 14.6. The summed E-state index contributed by atoms with van der Waals surface area (Å²) in [5, 5.41) is 5.78. The number of fused-ring (bicyclic) bond motifs is 1. The zero-order valence-electron chi connectivity index (χ0n) is 31.4. The van der Waals surface area contributed by atoms with Crippen LogP contribution >= 0.6 is 0 Å². The Morgan fingerprint density at radius 3 is 2.25 bits per heavy atom. The second-order valence-corrected chi connectivity index (χ2v) is 14.6. The Labute approximate surface area is 322 Å². The van der Waals surface area contributed by atoms with Crippen molar-refractivity contribution in [2.24, 2.45) is 11.7 Å². The lowest BCUT2D eigenvalue weighted by Crippen LogP contribution is -2.58. The summed E-state index contributed by atoms with van der Waals surface area (Å²) in [7, 11) is 0. The fourth-order valence-corrected chi connectivity index (χ4v) is 7.58. The minimum Gasteiger partial charge on any atom is -0.445 e. The summed E-state index contributed by atoms with van der Waals surface area (Å²) in [5.41, 5.74) is 8.61. The van der Waals surface area contributed by atoms with Crippen molar-refractivity contribution in [2.75, 3.05) is 19.7 Å². The molecule has 2 aliphatic rings. The average molecular weight is 752 g/mol. The molecule has 12 nitrogen and oxygen atoms in total. The SMILES string of the molecule is NCCCC[C@H](NC(=O)[C@@H]1[C@@H](OCC2CCCCC2)CCN1C(=O)[C@@H](CCc1ccccc1)NC(=O)OCc1ccccc1)C(=O)c1nc2ccccc2o1. The minimum atomic E-state index is -1.04. The molecule has 12 heteroatoms. The van der Waals surface area contributed by atoms with Gasteiger partial charge in [0.25, 0.3) is 5.89 Å². The van der Waals surface area contributed by atoms with Gasteiger partial charge in [0.15, 0.2) is 5.58 Å². The molecule has 0 radical (unpaired) electrons. The molecule has 6 rings (SSSR count). The van der Waals surface area contributed by atoms with Crippen molar-refractivity contribution in [3.05, 3.63) is 102 Å². The van der Waals surface area contributed by atoms with E-state index in [1.807, 2.05) is 66.7 Å². The van der Waals surface area contributed by atoms with Crippen LogP contribution in [0.15, 0.2) is 89.3 Å². The summed E-state index contributed by atoms with van der Waals surface area (Å²) in [6, 6.07) is 23.1. The van der Waals surface area contributed by atoms with Gasteiger partial charge in [0.05, 0.1) is 12.1 Å². The summed E-state index contributed by atoms with van der Waals surface area (Å²) in [5.74, 6) is -1.09. The van der Waals surface area contributed by atoms with Crippen molar-refractivity contribution in [1.82, 2.24) is 20.5 Å². The molecule has 3 amide bonds. The molecule has 0 bridgehead atoms. The van der Waals surface area contributed by atoms with Gasteiger partial charge in [0.2, 0.25) is 17.6 Å². The van der Waals surface area contributed by atoms with Gasteiger partial charge in [-0.1, -0.05) is 92.1 Å². The van der Waals surface area contributed by atoms with Gasteiger partial charge in [-0.3, -0.25) is 14.4 Å². The highest BCUT2D eigenvalue weighted by Crippen LogP contribution is 2.29. The summed E-state index contributed by atoms with van der Waals surface area (Å²) in [4.78, 5) is 62.2. The highest BCUT2D eigenvalue weighted by atomic mass is 16.5. The van der Waals surface area contributed by atoms with Crippen molar-refractivity contribution in [1.29, 1.82) is 0 Å². The predicted molar refractivity (Wildman–Crippen MR) is 208 cm³/mol. The van der Waals surface area contributed by atoms with Crippen LogP contribution in [0.1, 0.15) is 86.0 Å². The number of oxazole rings is 1. The fraction of sp³-hybridized carbons (Fsp3) is 0.465. The molecule has 2 fully saturated rings. The van der Waals surface area contributed by atoms with Crippen LogP contribution in [0.25, 0.3) is 11.1 Å². The summed E-state index contributed by atoms with van der Waals surface area (Å²) < 4.78 is 17.8. The normalized spacial score (nSPS) is 18.5. The van der Waals surface area contributed by atoms with Crippen molar-refractivity contribution in [3.63, 3.8) is 0 Å². The van der Waals surface area contributed by atoms with Gasteiger partial charge >= 0.3 is 6.09 Å². The lowest BCUT2D eigenvalue weighted by atomic mass is 9.90. The number of rotatable bonds is 18. The number of aromatic nitrogens is 1. The quantitative estimate of drug-likeness (QED) is 0.0802. The Morgan fingerprint density at radius 1 is 0.818 bits per heavy atom. The van der Waals surface area contributed by atoms with Crippen molar-refractivity contribution >= 4 is 34.8 Å². The number of alkyl carbamates (subject to hydrolysis) is 1. The van der Waals surface area contributed by atoms with Crippen LogP contribution in [-0.4, -0.2) is 77.5 Å². The molecule has 1 aromatic heterocycles. The molecule has 1 aliphatic heterocycles. The highest BCUT2D eigenvalue weighted by Gasteiger charge is 2.46. The first-order valence-corrected chi connectivity index (χ1v) is 19.7. The number of benzene rings is 3. The second-order valence-electron chi connectivity index (χ2n) is 14.6. The van der Waals surface area contributed by atoms with E-state index in [1.54, 1.807) is 18.2 Å². The van der Waals surface area contributed by atoms with E-state index < -0.39 is 47.9 Å². The molecule has 1 saturated heterocycles. The third-order valence-electron chi connectivity index (χ3n) is 10.6. The summed E-state index contributed by atoms with van der Waals surface area (Å²) >= 11 is 0. The number of hydrogen-bond donors (Lipinski definition) is 3. The Hall–Kier alpha value is -5.07. The van der Waals surface area contributed by atoms with E-state index in [4.69, 9.17) is 19.6 Å². The number of aryl methyl sites for hydroxylation is 1. The first kappa shape index (κ1) is 39.6. The molecule has 292 valence electrons. The maximum Gasteiger partial charge on any atom is 0.408 e. The van der Waals surface area contributed by atoms with Gasteiger partial charge < -0.3 is 35.2 Å². The smallest absolute Gasteiger partial charge is 0.408 e. The van der Waals surface area contributed by atoms with Gasteiger partial charge in [-0.05, 0) is 87.1 Å². The first-order valence-electron chi connectivity index (χ1n) is 19.7. The van der Waals surface area contributed by atoms with E-state index in [9.17, 15) is 19.2 Å². The number of unbranched alkanes of at least 4 members (excludes halogenated alkanes) is 1. The van der Waals surface area contributed by atoms with Crippen molar-refractivity contribution in [2.45, 2.75) is 101 Å². The lowest BCUT2D eigenvalue weighted by molar-refractivity contribution is -0.143. The minimum absolute atomic E-state index is 0.0394. The van der Waals surface area contributed by atoms with Crippen LogP contribution in [0.2, 0.25) is 0 Å². The predicted octanol–water partition coefficient (Wildman–Crippen LogP) is 6.12. The third-order valence-corrected chi connectivity index (χ3v) is 10.6. The van der Waals surface area contributed by atoms with Crippen LogP contribution in [0.3, 0.4) is 0 Å². The number of nitrogens with two attached hydrogens (primary N) is 1. The number of carbonyl (C=O) groups is 4. The number of ketones is 1. The van der Waals surface area contributed by atoms with Gasteiger partial charge in [0.1, 0.15) is 24.2 Å². The standard InChI is InChI=1S/C43H53N5O7/c44-26-13-12-21-34(39(49)41-46-33-20-10-11-22-36(33)55-41)45-40(50)38-37(53-28-31-16-6-2-7-17-31)25-27-48(38)42(51)35(24-23-30-14-4-1-5-15-30)47-43(52)54-29-32-18-8-3-9-19-32/h1,3-5,8-11,14-15,18-20,22,31,34-35,37-38H,2,6-7,12-13,16-17,21,23-29,44H2,(H,45,50)(H,47,52)/t34-,35+,37-,38-/m0/s1. The average Bonchev–Trinajstić information content (AvgIpc) is 3.86. The highest BCUT2D eigenvalue weighted by molar-refractivity contribution is 6.01. The molecule has 1 saturated carbocycles.